The third kappa shape index (κ3) is 3.12. The summed E-state index contributed by atoms with van der Waals surface area (Å²) in [5.41, 5.74) is 0.391. The van der Waals surface area contributed by atoms with E-state index < -0.39 is 5.97 Å². The Morgan fingerprint density at radius 3 is 2.37 bits per heavy atom. The third-order valence-electron chi connectivity index (χ3n) is 2.43. The van der Waals surface area contributed by atoms with Crippen molar-refractivity contribution in [2.45, 2.75) is 6.54 Å². The van der Waals surface area contributed by atoms with Crippen molar-refractivity contribution in [3.05, 3.63) is 53.5 Å². The van der Waals surface area contributed by atoms with Crippen LogP contribution in [0, 0.1) is 0 Å². The maximum absolute atomic E-state index is 11.7. The van der Waals surface area contributed by atoms with E-state index in [9.17, 15) is 9.59 Å². The second kappa shape index (κ2) is 5.26. The van der Waals surface area contributed by atoms with Gasteiger partial charge in [0.05, 0.1) is 6.54 Å². The van der Waals surface area contributed by atoms with Crippen LogP contribution in [0.1, 0.15) is 26.7 Å². The molecule has 1 heterocycles. The molecule has 19 heavy (non-hydrogen) atoms. The summed E-state index contributed by atoms with van der Waals surface area (Å²) in [7, 11) is 0. The molecule has 0 unspecified atom stereocenters. The predicted octanol–water partition coefficient (Wildman–Crippen LogP) is 1.61. The van der Waals surface area contributed by atoms with Crippen molar-refractivity contribution in [1.29, 1.82) is 0 Å². The van der Waals surface area contributed by atoms with Gasteiger partial charge in [-0.1, -0.05) is 0 Å². The minimum absolute atomic E-state index is 0.0775. The Morgan fingerprint density at radius 2 is 1.79 bits per heavy atom. The lowest BCUT2D eigenvalue weighted by atomic mass is 10.2. The average Bonchev–Trinajstić information content (AvgIpc) is 2.86. The fraction of sp³-hybridized carbons (Fsp3) is 0.0769. The summed E-state index contributed by atoms with van der Waals surface area (Å²) in [6.07, 6.45) is 0. The Hall–Kier alpha value is -2.76. The highest BCUT2D eigenvalue weighted by Gasteiger charge is 2.10. The molecule has 0 bridgehead atoms. The summed E-state index contributed by atoms with van der Waals surface area (Å²) in [5, 5.41) is 20.4. The maximum Gasteiger partial charge on any atom is 0.371 e. The monoisotopic (exact) mass is 261 g/mol. The van der Waals surface area contributed by atoms with Gasteiger partial charge < -0.3 is 19.9 Å². The molecule has 0 aliphatic carbocycles. The van der Waals surface area contributed by atoms with Crippen molar-refractivity contribution >= 4 is 11.9 Å². The number of phenolic OH excluding ortho intramolecular Hbond substituents is 1. The quantitative estimate of drug-likeness (QED) is 0.776. The van der Waals surface area contributed by atoms with Gasteiger partial charge in [0.2, 0.25) is 5.76 Å². The van der Waals surface area contributed by atoms with Gasteiger partial charge in [0, 0.05) is 5.56 Å². The molecule has 0 fully saturated rings. The Kier molecular flexibility index (Phi) is 3.51. The normalized spacial score (nSPS) is 10.1. The van der Waals surface area contributed by atoms with Crippen LogP contribution in [0.15, 0.2) is 40.8 Å². The van der Waals surface area contributed by atoms with Crippen molar-refractivity contribution in [3.8, 4) is 5.75 Å². The van der Waals surface area contributed by atoms with Gasteiger partial charge in [-0.05, 0) is 36.4 Å². The van der Waals surface area contributed by atoms with Crippen LogP contribution in [-0.4, -0.2) is 22.1 Å². The van der Waals surface area contributed by atoms with Crippen LogP contribution in [0.4, 0.5) is 0 Å². The Bertz CT molecular complexity index is 600. The third-order valence-corrected chi connectivity index (χ3v) is 2.43. The van der Waals surface area contributed by atoms with E-state index >= 15 is 0 Å². The van der Waals surface area contributed by atoms with E-state index in [0.29, 0.717) is 11.3 Å². The first kappa shape index (κ1) is 12.7. The Labute approximate surface area is 108 Å². The molecular weight excluding hydrogens is 250 g/mol. The molecule has 0 radical (unpaired) electrons. The number of carbonyl (C=O) groups is 2. The van der Waals surface area contributed by atoms with E-state index in [1.165, 1.54) is 36.4 Å². The zero-order valence-corrected chi connectivity index (χ0v) is 9.79. The number of amides is 1. The van der Waals surface area contributed by atoms with Crippen molar-refractivity contribution in [2.75, 3.05) is 0 Å². The summed E-state index contributed by atoms with van der Waals surface area (Å²) in [4.78, 5) is 22.3. The van der Waals surface area contributed by atoms with Gasteiger partial charge in [0.15, 0.2) is 0 Å². The first-order valence-corrected chi connectivity index (χ1v) is 5.45. The van der Waals surface area contributed by atoms with E-state index in [1.807, 2.05) is 0 Å². The minimum Gasteiger partial charge on any atom is -0.508 e. The first-order chi connectivity index (χ1) is 9.06. The lowest BCUT2D eigenvalue weighted by Crippen LogP contribution is -2.22. The molecule has 1 aromatic heterocycles. The Balaban J connectivity index is 1.96. The summed E-state index contributed by atoms with van der Waals surface area (Å²) in [5.74, 6) is -1.24. The molecule has 0 aliphatic rings. The van der Waals surface area contributed by atoms with Crippen LogP contribution in [0.25, 0.3) is 0 Å². The van der Waals surface area contributed by atoms with Gasteiger partial charge in [-0.3, -0.25) is 4.79 Å². The predicted molar refractivity (Wildman–Crippen MR) is 64.9 cm³/mol. The number of benzene rings is 1. The minimum atomic E-state index is -1.16. The molecule has 1 aromatic carbocycles. The molecule has 1 amide bonds. The zero-order valence-electron chi connectivity index (χ0n) is 9.79. The molecule has 98 valence electrons. The number of carboxylic acid groups (broad SMARTS) is 1. The van der Waals surface area contributed by atoms with Crippen LogP contribution in [-0.2, 0) is 6.54 Å². The summed E-state index contributed by atoms with van der Waals surface area (Å²) < 4.78 is 5.00. The number of nitrogens with one attached hydrogen (secondary N) is 1. The molecule has 0 saturated heterocycles. The summed E-state index contributed by atoms with van der Waals surface area (Å²) in [6.45, 7) is 0.0903. The van der Waals surface area contributed by atoms with Crippen molar-refractivity contribution in [1.82, 2.24) is 5.32 Å². The highest BCUT2D eigenvalue weighted by Crippen LogP contribution is 2.10. The number of aromatic hydroxyl groups is 1. The fourth-order valence-electron chi connectivity index (χ4n) is 1.47. The number of carboxylic acids is 1. The average molecular weight is 261 g/mol. The fourth-order valence-corrected chi connectivity index (χ4v) is 1.47. The lowest BCUT2D eigenvalue weighted by molar-refractivity contribution is 0.0660. The van der Waals surface area contributed by atoms with Gasteiger partial charge in [0.25, 0.3) is 5.91 Å². The van der Waals surface area contributed by atoms with Crippen LogP contribution in [0.5, 0.6) is 5.75 Å². The van der Waals surface area contributed by atoms with E-state index in [4.69, 9.17) is 14.6 Å². The number of aromatic carboxylic acids is 1. The second-order valence-corrected chi connectivity index (χ2v) is 3.80. The van der Waals surface area contributed by atoms with E-state index in [2.05, 4.69) is 5.32 Å². The molecule has 0 aliphatic heterocycles. The number of furan rings is 1. The molecule has 2 aromatic rings. The number of rotatable bonds is 4. The van der Waals surface area contributed by atoms with Crippen molar-refractivity contribution in [3.63, 3.8) is 0 Å². The standard InChI is InChI=1S/C13H11NO5/c15-9-3-1-8(2-4-9)12(16)14-7-10-5-6-11(19-10)13(17)18/h1-6,15H,7H2,(H,14,16)(H,17,18). The van der Waals surface area contributed by atoms with Gasteiger partial charge in [-0.25, -0.2) is 4.79 Å². The highest BCUT2D eigenvalue weighted by atomic mass is 16.4. The van der Waals surface area contributed by atoms with E-state index in [0.717, 1.165) is 0 Å². The molecule has 0 spiro atoms. The largest absolute Gasteiger partial charge is 0.508 e. The molecule has 0 atom stereocenters. The van der Waals surface area contributed by atoms with Gasteiger partial charge in [-0.2, -0.15) is 0 Å². The Morgan fingerprint density at radius 1 is 1.11 bits per heavy atom. The number of phenols is 1. The van der Waals surface area contributed by atoms with E-state index in [1.54, 1.807) is 0 Å². The number of hydrogen-bond acceptors (Lipinski definition) is 4. The van der Waals surface area contributed by atoms with Crippen LogP contribution < -0.4 is 5.32 Å². The molecule has 0 saturated carbocycles. The summed E-state index contributed by atoms with van der Waals surface area (Å²) in [6, 6.07) is 8.59. The zero-order chi connectivity index (χ0) is 13.8. The molecular formula is C13H11NO5. The van der Waals surface area contributed by atoms with E-state index in [-0.39, 0.29) is 24.0 Å². The van der Waals surface area contributed by atoms with Crippen LogP contribution >= 0.6 is 0 Å². The van der Waals surface area contributed by atoms with Gasteiger partial charge in [-0.15, -0.1) is 0 Å². The lowest BCUT2D eigenvalue weighted by Gasteiger charge is -2.03. The molecule has 2 rings (SSSR count). The number of hydrogen-bond donors (Lipinski definition) is 3. The van der Waals surface area contributed by atoms with Crippen molar-refractivity contribution in [2.24, 2.45) is 0 Å². The van der Waals surface area contributed by atoms with Gasteiger partial charge in [0.1, 0.15) is 11.5 Å². The SMILES string of the molecule is O=C(NCc1ccc(C(=O)O)o1)c1ccc(O)cc1. The van der Waals surface area contributed by atoms with Crippen LogP contribution in [0.3, 0.4) is 0 Å². The van der Waals surface area contributed by atoms with Gasteiger partial charge >= 0.3 is 5.97 Å². The molecule has 3 N–H and O–H groups in total. The summed E-state index contributed by atoms with van der Waals surface area (Å²) >= 11 is 0. The smallest absolute Gasteiger partial charge is 0.371 e. The van der Waals surface area contributed by atoms with Crippen molar-refractivity contribution < 1.29 is 24.2 Å². The molecule has 6 nitrogen and oxygen atoms in total. The topological polar surface area (TPSA) is 99.8 Å². The van der Waals surface area contributed by atoms with Crippen LogP contribution in [0.2, 0.25) is 0 Å². The number of carbonyl (C=O) groups excluding carboxylic acids is 1. The highest BCUT2D eigenvalue weighted by molar-refractivity contribution is 5.94. The molecule has 6 heteroatoms. The maximum atomic E-state index is 11.7. The second-order valence-electron chi connectivity index (χ2n) is 3.80. The first-order valence-electron chi connectivity index (χ1n) is 5.45.